The number of aliphatic hydroxyl groups is 1. The van der Waals surface area contributed by atoms with Crippen LogP contribution in [0.15, 0.2) is 18.2 Å². The van der Waals surface area contributed by atoms with Gasteiger partial charge < -0.3 is 5.11 Å². The van der Waals surface area contributed by atoms with Crippen molar-refractivity contribution in [2.75, 3.05) is 17.1 Å². The van der Waals surface area contributed by atoms with E-state index in [4.69, 9.17) is 16.7 Å². The SMILES string of the molecule is CCS(=O)(=O)Nc1cc(Cl)ccc1C#CCCO. The highest BCUT2D eigenvalue weighted by Crippen LogP contribution is 2.21. The highest BCUT2D eigenvalue weighted by atomic mass is 35.5. The Balaban J connectivity index is 3.09. The second kappa shape index (κ2) is 6.64. The third kappa shape index (κ3) is 4.57. The number of halogens is 1. The average Bonchev–Trinajstić information content (AvgIpc) is 2.32. The Morgan fingerprint density at radius 3 is 2.78 bits per heavy atom. The molecule has 0 amide bonds. The highest BCUT2D eigenvalue weighted by molar-refractivity contribution is 7.92. The number of hydrogen-bond donors (Lipinski definition) is 2. The quantitative estimate of drug-likeness (QED) is 0.831. The van der Waals surface area contributed by atoms with Crippen molar-refractivity contribution in [3.05, 3.63) is 28.8 Å². The van der Waals surface area contributed by atoms with Crippen LogP contribution in [0.3, 0.4) is 0 Å². The van der Waals surface area contributed by atoms with Gasteiger partial charge >= 0.3 is 0 Å². The molecule has 1 aromatic rings. The van der Waals surface area contributed by atoms with Crippen LogP contribution in [-0.4, -0.2) is 25.9 Å². The van der Waals surface area contributed by atoms with Crippen LogP contribution in [0, 0.1) is 11.8 Å². The number of anilines is 1. The molecule has 0 atom stereocenters. The van der Waals surface area contributed by atoms with Crippen LogP contribution in [0.2, 0.25) is 5.02 Å². The fraction of sp³-hybridized carbons (Fsp3) is 0.333. The average molecular weight is 288 g/mol. The van der Waals surface area contributed by atoms with E-state index in [0.717, 1.165) is 0 Å². The monoisotopic (exact) mass is 287 g/mol. The Bertz CT molecular complexity index is 573. The van der Waals surface area contributed by atoms with E-state index in [1.54, 1.807) is 19.1 Å². The largest absolute Gasteiger partial charge is 0.395 e. The molecule has 1 aromatic carbocycles. The molecule has 0 aliphatic heterocycles. The highest BCUT2D eigenvalue weighted by Gasteiger charge is 2.10. The topological polar surface area (TPSA) is 66.4 Å². The maximum Gasteiger partial charge on any atom is 0.232 e. The molecule has 0 saturated carbocycles. The number of sulfonamides is 1. The number of benzene rings is 1. The first-order valence-electron chi connectivity index (χ1n) is 5.38. The Labute approximate surface area is 112 Å². The summed E-state index contributed by atoms with van der Waals surface area (Å²) in [5.74, 6) is 5.50. The van der Waals surface area contributed by atoms with Gasteiger partial charge in [0.2, 0.25) is 10.0 Å². The summed E-state index contributed by atoms with van der Waals surface area (Å²) in [6.07, 6.45) is 0.336. The molecule has 0 aromatic heterocycles. The van der Waals surface area contributed by atoms with Crippen molar-refractivity contribution in [2.24, 2.45) is 0 Å². The van der Waals surface area contributed by atoms with Gasteiger partial charge in [-0.15, -0.1) is 0 Å². The lowest BCUT2D eigenvalue weighted by atomic mass is 10.2. The third-order valence-electron chi connectivity index (χ3n) is 2.09. The van der Waals surface area contributed by atoms with Gasteiger partial charge in [0.15, 0.2) is 0 Å². The molecule has 0 aliphatic carbocycles. The molecule has 0 heterocycles. The molecule has 0 unspecified atom stereocenters. The van der Waals surface area contributed by atoms with Crippen LogP contribution < -0.4 is 4.72 Å². The van der Waals surface area contributed by atoms with E-state index >= 15 is 0 Å². The van der Waals surface area contributed by atoms with Gasteiger partial charge in [-0.2, -0.15) is 0 Å². The molecule has 0 radical (unpaired) electrons. The smallest absolute Gasteiger partial charge is 0.232 e. The third-order valence-corrected chi connectivity index (χ3v) is 3.61. The number of hydrogen-bond acceptors (Lipinski definition) is 3. The van der Waals surface area contributed by atoms with E-state index in [0.29, 0.717) is 22.7 Å². The van der Waals surface area contributed by atoms with Crippen molar-refractivity contribution in [2.45, 2.75) is 13.3 Å². The first kappa shape index (κ1) is 14.8. The predicted octanol–water partition coefficient (Wildman–Crippen LogP) is 1.84. The van der Waals surface area contributed by atoms with Crippen molar-refractivity contribution in [1.29, 1.82) is 0 Å². The molecule has 6 heteroatoms. The Hall–Kier alpha value is -1.22. The Morgan fingerprint density at radius 2 is 2.17 bits per heavy atom. The van der Waals surface area contributed by atoms with E-state index in [1.807, 2.05) is 0 Å². The maximum atomic E-state index is 11.5. The van der Waals surface area contributed by atoms with Gasteiger partial charge in [0.1, 0.15) is 0 Å². The first-order valence-corrected chi connectivity index (χ1v) is 7.41. The van der Waals surface area contributed by atoms with Crippen LogP contribution in [0.25, 0.3) is 0 Å². The van der Waals surface area contributed by atoms with Gasteiger partial charge in [0.25, 0.3) is 0 Å². The lowest BCUT2D eigenvalue weighted by Gasteiger charge is -2.08. The summed E-state index contributed by atoms with van der Waals surface area (Å²) in [6.45, 7) is 1.51. The van der Waals surface area contributed by atoms with E-state index in [2.05, 4.69) is 16.6 Å². The Kier molecular flexibility index (Phi) is 5.48. The zero-order chi connectivity index (χ0) is 13.6. The fourth-order valence-electron chi connectivity index (χ4n) is 1.16. The summed E-state index contributed by atoms with van der Waals surface area (Å²) in [6, 6.07) is 4.78. The van der Waals surface area contributed by atoms with E-state index in [9.17, 15) is 8.42 Å². The lowest BCUT2D eigenvalue weighted by molar-refractivity contribution is 0.305. The van der Waals surface area contributed by atoms with Crippen molar-refractivity contribution >= 4 is 27.3 Å². The van der Waals surface area contributed by atoms with Crippen LogP contribution in [0.1, 0.15) is 18.9 Å². The van der Waals surface area contributed by atoms with Gasteiger partial charge in [-0.05, 0) is 25.1 Å². The van der Waals surface area contributed by atoms with Crippen molar-refractivity contribution in [3.63, 3.8) is 0 Å². The van der Waals surface area contributed by atoms with Gasteiger partial charge in [0, 0.05) is 17.0 Å². The normalized spacial score (nSPS) is 10.6. The summed E-state index contributed by atoms with van der Waals surface area (Å²) in [4.78, 5) is 0. The molecule has 0 fully saturated rings. The fourth-order valence-corrected chi connectivity index (χ4v) is 1.98. The van der Waals surface area contributed by atoms with Crippen LogP contribution in [0.4, 0.5) is 5.69 Å². The molecule has 0 spiro atoms. The molecule has 4 nitrogen and oxygen atoms in total. The Morgan fingerprint density at radius 1 is 1.44 bits per heavy atom. The second-order valence-corrected chi connectivity index (χ2v) is 5.92. The number of rotatable bonds is 4. The predicted molar refractivity (Wildman–Crippen MR) is 73.1 cm³/mol. The van der Waals surface area contributed by atoms with E-state index in [-0.39, 0.29) is 12.4 Å². The van der Waals surface area contributed by atoms with Crippen LogP contribution in [-0.2, 0) is 10.0 Å². The molecule has 2 N–H and O–H groups in total. The van der Waals surface area contributed by atoms with Gasteiger partial charge in [-0.25, -0.2) is 8.42 Å². The maximum absolute atomic E-state index is 11.5. The van der Waals surface area contributed by atoms with Crippen molar-refractivity contribution < 1.29 is 13.5 Å². The first-order chi connectivity index (χ1) is 8.48. The summed E-state index contributed by atoms with van der Waals surface area (Å²) in [5, 5.41) is 9.07. The van der Waals surface area contributed by atoms with Crippen molar-refractivity contribution in [3.8, 4) is 11.8 Å². The molecule has 98 valence electrons. The number of nitrogens with one attached hydrogen (secondary N) is 1. The summed E-state index contributed by atoms with van der Waals surface area (Å²) in [5.41, 5.74) is 0.889. The zero-order valence-electron chi connectivity index (χ0n) is 9.90. The van der Waals surface area contributed by atoms with Crippen LogP contribution >= 0.6 is 11.6 Å². The van der Waals surface area contributed by atoms with Crippen LogP contribution in [0.5, 0.6) is 0 Å². The zero-order valence-corrected chi connectivity index (χ0v) is 11.5. The van der Waals surface area contributed by atoms with Crippen molar-refractivity contribution in [1.82, 2.24) is 0 Å². The summed E-state index contributed by atoms with van der Waals surface area (Å²) >= 11 is 5.83. The standard InChI is InChI=1S/C12H14ClNO3S/c1-2-18(16,17)14-12-9-11(13)7-6-10(12)5-3-4-8-15/h6-7,9,14-15H,2,4,8H2,1H3. The van der Waals surface area contributed by atoms with Gasteiger partial charge in [0.05, 0.1) is 18.0 Å². The molecule has 0 bridgehead atoms. The molecule has 0 aliphatic rings. The van der Waals surface area contributed by atoms with E-state index < -0.39 is 10.0 Å². The minimum atomic E-state index is -3.37. The molecule has 18 heavy (non-hydrogen) atoms. The second-order valence-electron chi connectivity index (χ2n) is 3.47. The summed E-state index contributed by atoms with van der Waals surface area (Å²) in [7, 11) is -3.37. The molecule has 0 saturated heterocycles. The van der Waals surface area contributed by atoms with Gasteiger partial charge in [-0.3, -0.25) is 4.72 Å². The minimum absolute atomic E-state index is 0.0248. The van der Waals surface area contributed by atoms with Gasteiger partial charge in [-0.1, -0.05) is 23.4 Å². The lowest BCUT2D eigenvalue weighted by Crippen LogP contribution is -2.15. The van der Waals surface area contributed by atoms with E-state index in [1.165, 1.54) is 6.07 Å². The minimum Gasteiger partial charge on any atom is -0.395 e. The molecular formula is C12H14ClNO3S. The molecular weight excluding hydrogens is 274 g/mol. The summed E-state index contributed by atoms with van der Waals surface area (Å²) < 4.78 is 25.5. The number of aliphatic hydroxyl groups excluding tert-OH is 1. The molecule has 1 rings (SSSR count).